The minimum Gasteiger partial charge on any atom is -0.370 e. The van der Waals surface area contributed by atoms with Gasteiger partial charge in [0.25, 0.3) is 5.91 Å². The third kappa shape index (κ3) is 4.85. The number of carbonyl (C=O) groups excluding carboxylic acids is 1. The van der Waals surface area contributed by atoms with Gasteiger partial charge in [-0.3, -0.25) is 4.79 Å². The minimum absolute atomic E-state index is 0. The molecule has 7 nitrogen and oxygen atoms in total. The molecular formula is C22H27Cl2N5O2. The van der Waals surface area contributed by atoms with Crippen molar-refractivity contribution in [2.24, 2.45) is 0 Å². The van der Waals surface area contributed by atoms with Crippen LogP contribution in [0.1, 0.15) is 22.3 Å². The normalized spacial score (nSPS) is 20.5. The van der Waals surface area contributed by atoms with Crippen molar-refractivity contribution in [2.45, 2.75) is 25.0 Å². The maximum atomic E-state index is 13.1. The largest absolute Gasteiger partial charge is 0.370 e. The molecule has 0 radical (unpaired) electrons. The summed E-state index contributed by atoms with van der Waals surface area (Å²) < 4.78 is 8.04. The maximum Gasteiger partial charge on any atom is 0.255 e. The van der Waals surface area contributed by atoms with E-state index in [-0.39, 0.29) is 36.3 Å². The third-order valence-electron chi connectivity index (χ3n) is 5.93. The van der Waals surface area contributed by atoms with Gasteiger partial charge >= 0.3 is 0 Å². The van der Waals surface area contributed by atoms with Gasteiger partial charge in [-0.1, -0.05) is 30.3 Å². The molecule has 166 valence electrons. The van der Waals surface area contributed by atoms with Gasteiger partial charge in [0.1, 0.15) is 5.52 Å². The first-order chi connectivity index (χ1) is 14.2. The molecule has 4 heterocycles. The Morgan fingerprint density at radius 2 is 2.03 bits per heavy atom. The zero-order valence-corrected chi connectivity index (χ0v) is 18.8. The number of nitrogens with one attached hydrogen (secondary N) is 1. The number of imidazole rings is 1. The molecule has 2 aliphatic rings. The lowest BCUT2D eigenvalue weighted by Crippen LogP contribution is -2.54. The van der Waals surface area contributed by atoms with E-state index < -0.39 is 0 Å². The molecule has 31 heavy (non-hydrogen) atoms. The second-order valence-corrected chi connectivity index (χ2v) is 7.93. The summed E-state index contributed by atoms with van der Waals surface area (Å²) in [5.41, 5.74) is 3.22. The van der Waals surface area contributed by atoms with E-state index in [1.165, 1.54) is 5.56 Å². The third-order valence-corrected chi connectivity index (χ3v) is 5.93. The van der Waals surface area contributed by atoms with Gasteiger partial charge in [-0.15, -0.1) is 24.8 Å². The first kappa shape index (κ1) is 23.5. The number of nitrogens with zero attached hydrogens (tertiary/aromatic N) is 4. The van der Waals surface area contributed by atoms with Crippen LogP contribution in [0, 0.1) is 0 Å². The van der Waals surface area contributed by atoms with Crippen molar-refractivity contribution in [3.8, 4) is 0 Å². The number of aromatic nitrogens is 3. The van der Waals surface area contributed by atoms with Crippen LogP contribution >= 0.6 is 24.8 Å². The SMILES string of the molecule is Cl.Cl.O=C(c1cnc2c(c1)ncn2CCc1ccccc1)N1CCOC2(CCNC2)C1. The number of hydrogen-bond acceptors (Lipinski definition) is 5. The number of benzene rings is 1. The zero-order chi connectivity index (χ0) is 19.7. The van der Waals surface area contributed by atoms with Gasteiger partial charge in [-0.05, 0) is 31.0 Å². The standard InChI is InChI=1S/C22H25N5O2.2ClH/c28-21(26-10-11-29-22(15-26)7-8-23-14-22)18-12-19-20(24-13-18)27(16-25-19)9-6-17-4-2-1-3-5-17;;/h1-5,12-13,16,23H,6-11,14-15H2;2*1H. The van der Waals surface area contributed by atoms with Gasteiger partial charge in [-0.25, -0.2) is 9.97 Å². The summed E-state index contributed by atoms with van der Waals surface area (Å²) >= 11 is 0. The number of amides is 1. The van der Waals surface area contributed by atoms with Crippen LogP contribution in [0.5, 0.6) is 0 Å². The van der Waals surface area contributed by atoms with Crippen molar-refractivity contribution in [1.82, 2.24) is 24.8 Å². The molecule has 5 rings (SSSR count). The van der Waals surface area contributed by atoms with E-state index in [4.69, 9.17) is 4.74 Å². The van der Waals surface area contributed by atoms with Crippen molar-refractivity contribution in [1.29, 1.82) is 0 Å². The second-order valence-electron chi connectivity index (χ2n) is 7.93. The summed E-state index contributed by atoms with van der Waals surface area (Å²) in [6, 6.07) is 12.2. The van der Waals surface area contributed by atoms with Crippen LogP contribution in [-0.4, -0.2) is 63.7 Å². The molecule has 2 aromatic heterocycles. The molecule has 1 aromatic carbocycles. The van der Waals surface area contributed by atoms with E-state index in [0.717, 1.165) is 43.6 Å². The van der Waals surface area contributed by atoms with Gasteiger partial charge in [0.2, 0.25) is 0 Å². The van der Waals surface area contributed by atoms with Crippen LogP contribution in [-0.2, 0) is 17.7 Å². The average Bonchev–Trinajstić information content (AvgIpc) is 3.39. The predicted molar refractivity (Wildman–Crippen MR) is 124 cm³/mol. The molecule has 1 unspecified atom stereocenters. The predicted octanol–water partition coefficient (Wildman–Crippen LogP) is 2.72. The maximum absolute atomic E-state index is 13.1. The van der Waals surface area contributed by atoms with Crippen molar-refractivity contribution in [3.63, 3.8) is 0 Å². The molecule has 3 aromatic rings. The Morgan fingerprint density at radius 3 is 2.81 bits per heavy atom. The molecule has 1 N–H and O–H groups in total. The highest BCUT2D eigenvalue weighted by atomic mass is 35.5. The summed E-state index contributed by atoms with van der Waals surface area (Å²) in [5, 5.41) is 3.34. The number of hydrogen-bond donors (Lipinski definition) is 1. The Morgan fingerprint density at radius 1 is 1.19 bits per heavy atom. The Kier molecular flexibility index (Phi) is 7.54. The monoisotopic (exact) mass is 463 g/mol. The van der Waals surface area contributed by atoms with Crippen LogP contribution in [0.2, 0.25) is 0 Å². The fraction of sp³-hybridized carbons (Fsp3) is 0.409. The van der Waals surface area contributed by atoms with Gasteiger partial charge in [0.05, 0.1) is 30.6 Å². The van der Waals surface area contributed by atoms with Crippen molar-refractivity contribution in [2.75, 3.05) is 32.8 Å². The van der Waals surface area contributed by atoms with Crippen LogP contribution in [0.4, 0.5) is 0 Å². The minimum atomic E-state index is -0.232. The lowest BCUT2D eigenvalue weighted by molar-refractivity contribution is -0.0866. The van der Waals surface area contributed by atoms with E-state index in [9.17, 15) is 4.79 Å². The fourth-order valence-corrected chi connectivity index (χ4v) is 4.30. The summed E-state index contributed by atoms with van der Waals surface area (Å²) in [5.74, 6) is 0.00723. The lowest BCUT2D eigenvalue weighted by Gasteiger charge is -2.40. The van der Waals surface area contributed by atoms with E-state index in [1.807, 2.05) is 27.9 Å². The number of carbonyl (C=O) groups is 1. The summed E-state index contributed by atoms with van der Waals surface area (Å²) in [7, 11) is 0. The van der Waals surface area contributed by atoms with Gasteiger partial charge in [-0.2, -0.15) is 0 Å². The average molecular weight is 464 g/mol. The molecule has 2 saturated heterocycles. The molecule has 1 atom stereocenters. The number of rotatable bonds is 4. The molecule has 1 spiro atoms. The molecule has 2 aliphatic heterocycles. The molecule has 0 saturated carbocycles. The lowest BCUT2D eigenvalue weighted by atomic mass is 10.00. The van der Waals surface area contributed by atoms with E-state index >= 15 is 0 Å². The highest BCUT2D eigenvalue weighted by Crippen LogP contribution is 2.26. The topological polar surface area (TPSA) is 72.3 Å². The molecular weight excluding hydrogens is 437 g/mol. The van der Waals surface area contributed by atoms with Gasteiger partial charge < -0.3 is 19.5 Å². The van der Waals surface area contributed by atoms with E-state index in [2.05, 4.69) is 39.6 Å². The molecule has 9 heteroatoms. The van der Waals surface area contributed by atoms with Crippen molar-refractivity contribution in [3.05, 3.63) is 60.0 Å². The fourth-order valence-electron chi connectivity index (χ4n) is 4.30. The molecule has 0 aliphatic carbocycles. The quantitative estimate of drug-likeness (QED) is 0.643. The van der Waals surface area contributed by atoms with Crippen molar-refractivity contribution >= 4 is 41.9 Å². The Bertz CT molecular complexity index is 1020. The Balaban J connectivity index is 0.00000136. The number of halogens is 2. The molecule has 2 fully saturated rings. The number of aryl methyl sites for hydroxylation is 2. The van der Waals surface area contributed by atoms with E-state index in [1.54, 1.807) is 6.20 Å². The Hall–Kier alpha value is -2.19. The smallest absolute Gasteiger partial charge is 0.255 e. The zero-order valence-electron chi connectivity index (χ0n) is 17.2. The Labute approximate surface area is 194 Å². The van der Waals surface area contributed by atoms with E-state index in [0.29, 0.717) is 25.3 Å². The first-order valence-corrected chi connectivity index (χ1v) is 10.2. The first-order valence-electron chi connectivity index (χ1n) is 10.2. The molecule has 0 bridgehead atoms. The number of pyridine rings is 1. The van der Waals surface area contributed by atoms with Crippen LogP contribution in [0.15, 0.2) is 48.9 Å². The highest BCUT2D eigenvalue weighted by Gasteiger charge is 2.40. The van der Waals surface area contributed by atoms with Crippen LogP contribution < -0.4 is 5.32 Å². The number of ether oxygens (including phenoxy) is 1. The number of fused-ring (bicyclic) bond motifs is 1. The summed E-state index contributed by atoms with van der Waals surface area (Å²) in [4.78, 5) is 24.0. The van der Waals surface area contributed by atoms with Gasteiger partial charge in [0.15, 0.2) is 5.65 Å². The van der Waals surface area contributed by atoms with Crippen LogP contribution in [0.25, 0.3) is 11.2 Å². The van der Waals surface area contributed by atoms with Crippen molar-refractivity contribution < 1.29 is 9.53 Å². The summed E-state index contributed by atoms with van der Waals surface area (Å²) in [6.45, 7) is 4.37. The molecule has 1 amide bonds. The second kappa shape index (κ2) is 9.96. The number of morpholine rings is 1. The highest BCUT2D eigenvalue weighted by molar-refractivity contribution is 5.96. The summed E-state index contributed by atoms with van der Waals surface area (Å²) in [6.07, 6.45) is 5.35. The van der Waals surface area contributed by atoms with Crippen LogP contribution in [0.3, 0.4) is 0 Å². The van der Waals surface area contributed by atoms with Gasteiger partial charge in [0, 0.05) is 25.8 Å².